The van der Waals surface area contributed by atoms with Crippen LogP contribution in [0.5, 0.6) is 0 Å². The zero-order valence-electron chi connectivity index (χ0n) is 7.94. The Labute approximate surface area is 87.7 Å². The van der Waals surface area contributed by atoms with Crippen LogP contribution in [0.3, 0.4) is 0 Å². The maximum absolute atomic E-state index is 10.2. The summed E-state index contributed by atoms with van der Waals surface area (Å²) < 4.78 is 0. The van der Waals surface area contributed by atoms with E-state index < -0.39 is 5.60 Å². The zero-order chi connectivity index (χ0) is 10.0. The van der Waals surface area contributed by atoms with Crippen molar-refractivity contribution in [2.45, 2.75) is 18.4 Å². The molecular formula is C10H14N2OS. The molecule has 3 N–H and O–H groups in total. The second kappa shape index (κ2) is 3.79. The van der Waals surface area contributed by atoms with Crippen LogP contribution in [0.1, 0.15) is 12.0 Å². The highest BCUT2D eigenvalue weighted by Gasteiger charge is 2.32. The first-order chi connectivity index (χ1) is 6.70. The third kappa shape index (κ3) is 2.01. The number of thioether (sulfide) groups is 1. The van der Waals surface area contributed by atoms with E-state index in [0.29, 0.717) is 6.42 Å². The largest absolute Gasteiger partial charge is 0.398 e. The highest BCUT2D eigenvalue weighted by Crippen LogP contribution is 2.31. The molecule has 1 aliphatic heterocycles. The summed E-state index contributed by atoms with van der Waals surface area (Å²) in [5.41, 5.74) is 6.92. The van der Waals surface area contributed by atoms with E-state index in [9.17, 15) is 5.11 Å². The van der Waals surface area contributed by atoms with Gasteiger partial charge in [0.25, 0.3) is 0 Å². The second-order valence-corrected chi connectivity index (χ2v) is 4.88. The van der Waals surface area contributed by atoms with Crippen LogP contribution < -0.4 is 5.73 Å². The number of hydrogen-bond acceptors (Lipinski definition) is 4. The van der Waals surface area contributed by atoms with Crippen molar-refractivity contribution in [2.24, 2.45) is 0 Å². The van der Waals surface area contributed by atoms with Gasteiger partial charge in [0.15, 0.2) is 0 Å². The molecular weight excluding hydrogens is 196 g/mol. The van der Waals surface area contributed by atoms with Crippen LogP contribution in [0, 0.1) is 0 Å². The van der Waals surface area contributed by atoms with E-state index in [4.69, 9.17) is 5.73 Å². The zero-order valence-corrected chi connectivity index (χ0v) is 8.76. The van der Waals surface area contributed by atoms with Gasteiger partial charge in [-0.25, -0.2) is 0 Å². The number of nitrogen functional groups attached to an aromatic ring is 1. The highest BCUT2D eigenvalue weighted by atomic mass is 32.2. The fraction of sp³-hybridized carbons (Fsp3) is 0.500. The van der Waals surface area contributed by atoms with Crippen molar-refractivity contribution in [1.82, 2.24) is 4.98 Å². The van der Waals surface area contributed by atoms with Crippen LogP contribution >= 0.6 is 11.8 Å². The summed E-state index contributed by atoms with van der Waals surface area (Å²) in [4.78, 5) is 4.02. The molecule has 0 aliphatic carbocycles. The Balaban J connectivity index is 2.14. The van der Waals surface area contributed by atoms with Gasteiger partial charge in [-0.2, -0.15) is 11.8 Å². The molecule has 2 heterocycles. The Morgan fingerprint density at radius 3 is 3.14 bits per heavy atom. The van der Waals surface area contributed by atoms with Crippen LogP contribution in [-0.2, 0) is 6.42 Å². The van der Waals surface area contributed by atoms with Crippen molar-refractivity contribution in [1.29, 1.82) is 0 Å². The predicted octanol–water partition coefficient (Wildman–Crippen LogP) is 1.07. The number of aromatic nitrogens is 1. The summed E-state index contributed by atoms with van der Waals surface area (Å²) in [6.45, 7) is 0. The van der Waals surface area contributed by atoms with Crippen molar-refractivity contribution >= 4 is 17.4 Å². The lowest BCUT2D eigenvalue weighted by molar-refractivity contribution is 0.0687. The Morgan fingerprint density at radius 2 is 2.50 bits per heavy atom. The summed E-state index contributed by atoms with van der Waals surface area (Å²) in [6, 6.07) is 1.78. The number of pyridine rings is 1. The molecule has 0 saturated carbocycles. The molecule has 2 rings (SSSR count). The molecule has 1 aliphatic rings. The first kappa shape index (κ1) is 9.80. The minimum atomic E-state index is -0.568. The smallest absolute Gasteiger partial charge is 0.0787 e. The van der Waals surface area contributed by atoms with Crippen LogP contribution in [0.25, 0.3) is 0 Å². The third-order valence-electron chi connectivity index (χ3n) is 2.54. The van der Waals surface area contributed by atoms with Crippen molar-refractivity contribution in [3.63, 3.8) is 0 Å². The maximum atomic E-state index is 10.2. The molecule has 1 aromatic heterocycles. The van der Waals surface area contributed by atoms with Gasteiger partial charge in [0.05, 0.1) is 5.60 Å². The van der Waals surface area contributed by atoms with Gasteiger partial charge >= 0.3 is 0 Å². The number of aliphatic hydroxyl groups is 1. The normalized spacial score (nSPS) is 26.6. The first-order valence-corrected chi connectivity index (χ1v) is 5.84. The molecule has 0 spiro atoms. The molecule has 1 saturated heterocycles. The summed E-state index contributed by atoms with van der Waals surface area (Å²) in [5.74, 6) is 1.85. The third-order valence-corrected chi connectivity index (χ3v) is 3.78. The van der Waals surface area contributed by atoms with Gasteiger partial charge in [-0.15, -0.1) is 0 Å². The molecule has 0 radical (unpaired) electrons. The second-order valence-electron chi connectivity index (χ2n) is 3.78. The molecule has 0 amide bonds. The lowest BCUT2D eigenvalue weighted by atomic mass is 9.94. The summed E-state index contributed by atoms with van der Waals surface area (Å²) >= 11 is 1.79. The molecule has 1 atom stereocenters. The number of nitrogens with zero attached hydrogens (tertiary/aromatic N) is 1. The average molecular weight is 210 g/mol. The molecule has 0 bridgehead atoms. The van der Waals surface area contributed by atoms with Crippen molar-refractivity contribution < 1.29 is 5.11 Å². The van der Waals surface area contributed by atoms with E-state index in [-0.39, 0.29) is 0 Å². The summed E-state index contributed by atoms with van der Waals surface area (Å²) in [5, 5.41) is 10.2. The molecule has 1 aromatic rings. The lowest BCUT2D eigenvalue weighted by Gasteiger charge is -2.21. The molecule has 3 nitrogen and oxygen atoms in total. The number of rotatable bonds is 2. The topological polar surface area (TPSA) is 59.1 Å². The van der Waals surface area contributed by atoms with Crippen LogP contribution in [-0.4, -0.2) is 27.2 Å². The Kier molecular flexibility index (Phi) is 2.65. The fourth-order valence-corrected chi connectivity index (χ4v) is 2.97. The van der Waals surface area contributed by atoms with Crippen LogP contribution in [0.2, 0.25) is 0 Å². The molecule has 76 valence electrons. The van der Waals surface area contributed by atoms with Gasteiger partial charge in [-0.05, 0) is 23.8 Å². The lowest BCUT2D eigenvalue weighted by Crippen LogP contribution is -2.31. The number of anilines is 1. The van der Waals surface area contributed by atoms with Gasteiger partial charge in [0.1, 0.15) is 0 Å². The quantitative estimate of drug-likeness (QED) is 0.766. The highest BCUT2D eigenvalue weighted by molar-refractivity contribution is 7.99. The monoisotopic (exact) mass is 210 g/mol. The van der Waals surface area contributed by atoms with Crippen LogP contribution in [0.4, 0.5) is 5.69 Å². The van der Waals surface area contributed by atoms with Crippen molar-refractivity contribution in [2.75, 3.05) is 17.2 Å². The van der Waals surface area contributed by atoms with Crippen molar-refractivity contribution in [3.05, 3.63) is 24.0 Å². The minimum Gasteiger partial charge on any atom is -0.398 e. The predicted molar refractivity (Wildman–Crippen MR) is 59.2 cm³/mol. The van der Waals surface area contributed by atoms with Crippen LogP contribution in [0.15, 0.2) is 18.5 Å². The van der Waals surface area contributed by atoms with Gasteiger partial charge < -0.3 is 10.8 Å². The SMILES string of the molecule is Nc1ccncc1CC1(O)CCSC1. The molecule has 4 heteroatoms. The first-order valence-electron chi connectivity index (χ1n) is 4.68. The minimum absolute atomic E-state index is 0.568. The van der Waals surface area contributed by atoms with Gasteiger partial charge in [0, 0.05) is 30.3 Å². The molecule has 1 fully saturated rings. The summed E-state index contributed by atoms with van der Waals surface area (Å²) in [7, 11) is 0. The number of hydrogen-bond donors (Lipinski definition) is 2. The average Bonchev–Trinajstić information content (AvgIpc) is 2.57. The number of nitrogens with two attached hydrogens (primary N) is 1. The standard InChI is InChI=1S/C10H14N2OS/c11-9-1-3-12-6-8(9)5-10(13)2-4-14-7-10/h1,3,6,13H,2,4-5,7H2,(H2,11,12). The molecule has 14 heavy (non-hydrogen) atoms. The molecule has 0 aromatic carbocycles. The van der Waals surface area contributed by atoms with E-state index in [1.807, 2.05) is 0 Å². The van der Waals surface area contributed by atoms with Gasteiger partial charge in [0.2, 0.25) is 0 Å². The van der Waals surface area contributed by atoms with E-state index in [2.05, 4.69) is 4.98 Å². The van der Waals surface area contributed by atoms with Gasteiger partial charge in [-0.1, -0.05) is 0 Å². The van der Waals surface area contributed by atoms with Crippen molar-refractivity contribution in [3.8, 4) is 0 Å². The van der Waals surface area contributed by atoms with E-state index in [1.165, 1.54) is 0 Å². The fourth-order valence-electron chi connectivity index (χ4n) is 1.68. The summed E-state index contributed by atoms with van der Waals surface area (Å²) in [6.07, 6.45) is 4.90. The van der Waals surface area contributed by atoms with E-state index in [0.717, 1.165) is 29.2 Å². The Bertz CT molecular complexity index is 324. The Morgan fingerprint density at radius 1 is 1.64 bits per heavy atom. The van der Waals surface area contributed by atoms with E-state index >= 15 is 0 Å². The molecule has 1 unspecified atom stereocenters. The van der Waals surface area contributed by atoms with Gasteiger partial charge in [-0.3, -0.25) is 4.98 Å². The maximum Gasteiger partial charge on any atom is 0.0787 e. The van der Waals surface area contributed by atoms with E-state index in [1.54, 1.807) is 30.2 Å². The Hall–Kier alpha value is -0.740.